The normalized spacial score (nSPS) is 10.9. The number of hydrazine groups is 1. The number of nitrogens with one attached hydrogen (secondary N) is 1. The van der Waals surface area contributed by atoms with Crippen LogP contribution in [0.3, 0.4) is 0 Å². The van der Waals surface area contributed by atoms with E-state index in [0.29, 0.717) is 12.2 Å². The molecule has 0 radical (unpaired) electrons. The smallest absolute Gasteiger partial charge is 0.335 e. The molecule has 1 aromatic rings. The number of aromatic nitrogens is 2. The average Bonchev–Trinajstić information content (AvgIpc) is 2.60. The van der Waals surface area contributed by atoms with Crippen LogP contribution in [0.2, 0.25) is 0 Å². The van der Waals surface area contributed by atoms with Gasteiger partial charge in [0.1, 0.15) is 6.61 Å². The van der Waals surface area contributed by atoms with Crippen molar-refractivity contribution in [2.24, 2.45) is 5.84 Å². The summed E-state index contributed by atoms with van der Waals surface area (Å²) < 4.78 is 32.4. The molecule has 80 valence electrons. The lowest BCUT2D eigenvalue weighted by Crippen LogP contribution is -2.08. The first-order chi connectivity index (χ1) is 6.72. The van der Waals surface area contributed by atoms with Crippen molar-refractivity contribution >= 4 is 6.01 Å². The van der Waals surface area contributed by atoms with E-state index < -0.39 is 13.0 Å². The lowest BCUT2D eigenvalue weighted by molar-refractivity contribution is 0.0182. The molecule has 8 heteroatoms. The Morgan fingerprint density at radius 3 is 2.93 bits per heavy atom. The molecule has 0 aliphatic heterocycles. The number of ether oxygens (including phenoxy) is 1. The van der Waals surface area contributed by atoms with Crippen molar-refractivity contribution in [3.63, 3.8) is 0 Å². The zero-order valence-corrected chi connectivity index (χ0v) is 7.24. The van der Waals surface area contributed by atoms with Gasteiger partial charge in [0.15, 0.2) is 5.82 Å². The molecule has 0 bridgehead atoms. The summed E-state index contributed by atoms with van der Waals surface area (Å²) in [5.74, 6) is 5.33. The zero-order valence-electron chi connectivity index (χ0n) is 7.24. The monoisotopic (exact) mass is 208 g/mol. The van der Waals surface area contributed by atoms with E-state index in [1.54, 1.807) is 0 Å². The van der Waals surface area contributed by atoms with Gasteiger partial charge < -0.3 is 9.26 Å². The van der Waals surface area contributed by atoms with E-state index in [-0.39, 0.29) is 12.6 Å². The maximum absolute atomic E-state index is 11.6. The highest BCUT2D eigenvalue weighted by atomic mass is 19.3. The zero-order chi connectivity index (χ0) is 10.4. The summed E-state index contributed by atoms with van der Waals surface area (Å²) >= 11 is 0. The number of halogens is 2. The summed E-state index contributed by atoms with van der Waals surface area (Å²) in [4.78, 5) is 3.76. The Morgan fingerprint density at radius 1 is 1.57 bits per heavy atom. The van der Waals surface area contributed by atoms with Gasteiger partial charge >= 0.3 is 6.01 Å². The number of nitrogens with zero attached hydrogens (tertiary/aromatic N) is 2. The van der Waals surface area contributed by atoms with Gasteiger partial charge in [-0.2, -0.15) is 4.98 Å². The number of alkyl halides is 2. The van der Waals surface area contributed by atoms with Crippen LogP contribution in [-0.2, 0) is 11.2 Å². The van der Waals surface area contributed by atoms with Crippen LogP contribution in [0.1, 0.15) is 5.82 Å². The average molecular weight is 208 g/mol. The minimum Gasteiger partial charge on any atom is -0.375 e. The van der Waals surface area contributed by atoms with E-state index in [2.05, 4.69) is 24.8 Å². The Kier molecular flexibility index (Phi) is 4.20. The maximum Gasteiger partial charge on any atom is 0.335 e. The predicted octanol–water partition coefficient (Wildman–Crippen LogP) is 0.179. The summed E-state index contributed by atoms with van der Waals surface area (Å²) in [6.07, 6.45) is -2.15. The molecule has 0 atom stereocenters. The van der Waals surface area contributed by atoms with E-state index in [1.807, 2.05) is 0 Å². The van der Waals surface area contributed by atoms with Crippen LogP contribution < -0.4 is 11.3 Å². The number of anilines is 1. The fraction of sp³-hybridized carbons (Fsp3) is 0.667. The first-order valence-electron chi connectivity index (χ1n) is 3.87. The van der Waals surface area contributed by atoms with Crippen LogP contribution >= 0.6 is 0 Å². The standard InChI is InChI=1S/C6H10F2N4O2/c7-4(8)3-13-2-1-5-10-6(11-9)14-12-5/h4H,1-3,9H2,(H,10,11,12). The topological polar surface area (TPSA) is 86.2 Å². The van der Waals surface area contributed by atoms with Gasteiger partial charge in [-0.15, -0.1) is 0 Å². The molecule has 0 fully saturated rings. The minimum atomic E-state index is -2.46. The Bertz CT molecular complexity index is 268. The van der Waals surface area contributed by atoms with Crippen molar-refractivity contribution in [1.29, 1.82) is 0 Å². The lowest BCUT2D eigenvalue weighted by Gasteiger charge is -1.99. The number of rotatable bonds is 6. The second-order valence-corrected chi connectivity index (χ2v) is 2.38. The molecule has 1 rings (SSSR count). The molecule has 1 aromatic heterocycles. The third kappa shape index (κ3) is 3.62. The molecule has 0 spiro atoms. The van der Waals surface area contributed by atoms with E-state index >= 15 is 0 Å². The van der Waals surface area contributed by atoms with Gasteiger partial charge in [0.05, 0.1) is 6.61 Å². The predicted molar refractivity (Wildman–Crippen MR) is 42.6 cm³/mol. The van der Waals surface area contributed by atoms with Crippen LogP contribution in [0.15, 0.2) is 4.52 Å². The molecule has 0 amide bonds. The highest BCUT2D eigenvalue weighted by molar-refractivity contribution is 5.14. The van der Waals surface area contributed by atoms with Gasteiger partial charge in [-0.05, 0) is 0 Å². The van der Waals surface area contributed by atoms with Gasteiger partial charge in [0.2, 0.25) is 0 Å². The summed E-state index contributed by atoms with van der Waals surface area (Å²) in [5.41, 5.74) is 2.15. The number of nitrogens with two attached hydrogens (primary N) is 1. The largest absolute Gasteiger partial charge is 0.375 e. The molecule has 0 saturated heterocycles. The molecule has 0 aromatic carbocycles. The summed E-state index contributed by atoms with van der Waals surface area (Å²) in [7, 11) is 0. The molecule has 0 aliphatic carbocycles. The third-order valence-electron chi connectivity index (χ3n) is 1.31. The Hall–Kier alpha value is -1.28. The molecular weight excluding hydrogens is 198 g/mol. The quantitative estimate of drug-likeness (QED) is 0.394. The third-order valence-corrected chi connectivity index (χ3v) is 1.31. The summed E-state index contributed by atoms with van der Waals surface area (Å²) in [6, 6.07) is 0.0776. The van der Waals surface area contributed by atoms with Crippen molar-refractivity contribution < 1.29 is 18.0 Å². The molecule has 3 N–H and O–H groups in total. The van der Waals surface area contributed by atoms with Crippen molar-refractivity contribution in [3.8, 4) is 0 Å². The first-order valence-corrected chi connectivity index (χ1v) is 3.87. The van der Waals surface area contributed by atoms with Gasteiger partial charge in [-0.3, -0.25) is 5.43 Å². The lowest BCUT2D eigenvalue weighted by atomic mass is 10.4. The van der Waals surface area contributed by atoms with Gasteiger partial charge in [0, 0.05) is 6.42 Å². The minimum absolute atomic E-state index is 0.0776. The SMILES string of the molecule is NNc1nc(CCOCC(F)F)no1. The van der Waals surface area contributed by atoms with Crippen molar-refractivity contribution in [2.45, 2.75) is 12.8 Å². The van der Waals surface area contributed by atoms with Crippen LogP contribution in [0, 0.1) is 0 Å². The Balaban J connectivity index is 2.18. The molecule has 0 unspecified atom stereocenters. The molecular formula is C6H10F2N4O2. The molecule has 6 nitrogen and oxygen atoms in total. The van der Waals surface area contributed by atoms with Crippen LogP contribution in [0.4, 0.5) is 14.8 Å². The van der Waals surface area contributed by atoms with Crippen molar-refractivity contribution in [3.05, 3.63) is 5.82 Å². The highest BCUT2D eigenvalue weighted by Crippen LogP contribution is 2.02. The first kappa shape index (κ1) is 10.8. The highest BCUT2D eigenvalue weighted by Gasteiger charge is 2.05. The fourth-order valence-electron chi connectivity index (χ4n) is 0.750. The number of hydrogen-bond donors (Lipinski definition) is 2. The summed E-state index contributed by atoms with van der Waals surface area (Å²) in [6.45, 7) is -0.465. The van der Waals surface area contributed by atoms with Crippen molar-refractivity contribution in [2.75, 3.05) is 18.6 Å². The van der Waals surface area contributed by atoms with Gasteiger partial charge in [-0.1, -0.05) is 5.16 Å². The molecule has 1 heterocycles. The van der Waals surface area contributed by atoms with E-state index in [1.165, 1.54) is 0 Å². The molecule has 0 saturated carbocycles. The van der Waals surface area contributed by atoms with Gasteiger partial charge in [0.25, 0.3) is 6.43 Å². The van der Waals surface area contributed by atoms with Crippen molar-refractivity contribution in [1.82, 2.24) is 10.1 Å². The second-order valence-electron chi connectivity index (χ2n) is 2.38. The number of nitrogen functional groups attached to an aromatic ring is 1. The van der Waals surface area contributed by atoms with E-state index in [9.17, 15) is 8.78 Å². The van der Waals surface area contributed by atoms with Crippen LogP contribution in [0.5, 0.6) is 0 Å². The maximum atomic E-state index is 11.6. The second kappa shape index (κ2) is 5.45. The fourth-order valence-corrected chi connectivity index (χ4v) is 0.750. The van der Waals surface area contributed by atoms with E-state index in [0.717, 1.165) is 0 Å². The number of hydrogen-bond acceptors (Lipinski definition) is 6. The van der Waals surface area contributed by atoms with Crippen LogP contribution in [0.25, 0.3) is 0 Å². The molecule has 0 aliphatic rings. The van der Waals surface area contributed by atoms with Crippen LogP contribution in [-0.4, -0.2) is 29.8 Å². The van der Waals surface area contributed by atoms with E-state index in [4.69, 9.17) is 5.84 Å². The molecule has 14 heavy (non-hydrogen) atoms. The summed E-state index contributed by atoms with van der Waals surface area (Å²) in [5, 5.41) is 3.51. The Labute approximate surface area is 78.4 Å². The Morgan fingerprint density at radius 2 is 2.36 bits per heavy atom. The van der Waals surface area contributed by atoms with Gasteiger partial charge in [-0.25, -0.2) is 14.6 Å².